The van der Waals surface area contributed by atoms with Gasteiger partial charge in [0, 0.05) is 37.1 Å². The predicted molar refractivity (Wildman–Crippen MR) is 180 cm³/mol. The highest BCUT2D eigenvalue weighted by atomic mass is 16.6. The number of amides is 1. The number of carbonyl (C=O) groups is 2. The zero-order valence-corrected chi connectivity index (χ0v) is 27.8. The Balaban J connectivity index is 1.31. The average molecular weight is 633 g/mol. The van der Waals surface area contributed by atoms with Gasteiger partial charge < -0.3 is 19.5 Å². The molecule has 2 bridgehead atoms. The van der Waals surface area contributed by atoms with Crippen LogP contribution < -0.4 is 4.74 Å². The Labute approximate surface area is 277 Å². The van der Waals surface area contributed by atoms with Gasteiger partial charge in [-0.1, -0.05) is 68.3 Å². The fraction of sp³-hybridized carbons (Fsp3) is 0.450. The fourth-order valence-corrected chi connectivity index (χ4v) is 9.23. The average Bonchev–Trinajstić information content (AvgIpc) is 3.39. The summed E-state index contributed by atoms with van der Waals surface area (Å²) < 4.78 is 13.5. The highest BCUT2D eigenvalue weighted by Crippen LogP contribution is 2.67. The maximum atomic E-state index is 14.1. The van der Waals surface area contributed by atoms with Crippen molar-refractivity contribution in [3.05, 3.63) is 94.5 Å². The minimum absolute atomic E-state index is 0.0609. The van der Waals surface area contributed by atoms with E-state index in [1.807, 2.05) is 48.2 Å². The van der Waals surface area contributed by atoms with Crippen molar-refractivity contribution >= 4 is 11.9 Å². The SMILES string of the molecule is CC(=O)O[C@@]12CC[C@@H](N(CC(C)C)C(=O)C#Cc3cccc(C)c3)[C@@H]3Oc4c(O)ccc5c4[C@@]31CCN(CCc1ccccc1)[C@@H]2C5. The number of benzene rings is 3. The van der Waals surface area contributed by atoms with E-state index in [2.05, 4.69) is 54.9 Å². The summed E-state index contributed by atoms with van der Waals surface area (Å²) in [6.07, 6.45) is 2.97. The standard InChI is InChI=1S/C40H44N2O5/c1-26(2)25-42(35(45)16-13-30-12-8-9-27(3)23-30)32-17-19-40(47-28(4)43)34-24-31-14-15-33(44)37-36(31)39(40,38(32)46-37)20-22-41(34)21-18-29-10-6-5-7-11-29/h5-12,14-15,23,26,32,34,38,44H,17-22,24-25H2,1-4H3/t32-,34-,38+,39+,40-/m1/s1. The number of phenolic OH excluding ortho intramolecular Hbond substituents is 1. The molecule has 5 atom stereocenters. The minimum atomic E-state index is -0.860. The molecule has 2 heterocycles. The molecule has 0 unspecified atom stereocenters. The van der Waals surface area contributed by atoms with Gasteiger partial charge in [-0.05, 0) is 86.4 Å². The number of piperidine rings is 1. The number of aryl methyl sites for hydroxylation is 1. The third kappa shape index (κ3) is 5.18. The molecule has 7 heteroatoms. The highest BCUT2D eigenvalue weighted by molar-refractivity contribution is 5.94. The molecule has 4 aliphatic rings. The highest BCUT2D eigenvalue weighted by Gasteiger charge is 2.75. The molecule has 1 N–H and O–H groups in total. The van der Waals surface area contributed by atoms with Crippen LogP contribution in [0.15, 0.2) is 66.7 Å². The molecule has 2 fully saturated rings. The molecule has 1 amide bonds. The molecule has 2 aliphatic heterocycles. The van der Waals surface area contributed by atoms with Gasteiger partial charge in [0.25, 0.3) is 5.91 Å². The van der Waals surface area contributed by atoms with Crippen LogP contribution in [0.1, 0.15) is 67.9 Å². The van der Waals surface area contributed by atoms with Crippen LogP contribution in [0.3, 0.4) is 0 Å². The predicted octanol–water partition coefficient (Wildman–Crippen LogP) is 5.57. The van der Waals surface area contributed by atoms with Crippen molar-refractivity contribution in [3.63, 3.8) is 0 Å². The smallest absolute Gasteiger partial charge is 0.303 e. The molecular formula is C40H44N2O5. The molecule has 0 aromatic heterocycles. The summed E-state index contributed by atoms with van der Waals surface area (Å²) in [5, 5.41) is 11.2. The van der Waals surface area contributed by atoms with E-state index in [1.54, 1.807) is 6.07 Å². The summed E-state index contributed by atoms with van der Waals surface area (Å²) in [4.78, 5) is 31.6. The molecule has 1 spiro atoms. The van der Waals surface area contributed by atoms with Gasteiger partial charge in [0.2, 0.25) is 0 Å². The monoisotopic (exact) mass is 632 g/mol. The Morgan fingerprint density at radius 1 is 1.11 bits per heavy atom. The normalized spacial score (nSPS) is 26.9. The van der Waals surface area contributed by atoms with E-state index >= 15 is 0 Å². The van der Waals surface area contributed by atoms with Crippen LogP contribution in [0, 0.1) is 24.7 Å². The number of nitrogens with zero attached hydrogens (tertiary/aromatic N) is 2. The van der Waals surface area contributed by atoms with Crippen molar-refractivity contribution in [2.75, 3.05) is 19.6 Å². The van der Waals surface area contributed by atoms with Gasteiger partial charge in [-0.2, -0.15) is 0 Å². The van der Waals surface area contributed by atoms with Gasteiger partial charge in [-0.25, -0.2) is 0 Å². The van der Waals surface area contributed by atoms with E-state index in [-0.39, 0.29) is 35.6 Å². The van der Waals surface area contributed by atoms with E-state index in [9.17, 15) is 14.7 Å². The number of rotatable bonds is 7. The Morgan fingerprint density at radius 2 is 1.91 bits per heavy atom. The molecule has 2 aliphatic carbocycles. The fourth-order valence-electron chi connectivity index (χ4n) is 9.23. The second-order valence-electron chi connectivity index (χ2n) is 14.3. The van der Waals surface area contributed by atoms with Gasteiger partial charge in [0.1, 0.15) is 11.7 Å². The first-order chi connectivity index (χ1) is 22.6. The Kier molecular flexibility index (Phi) is 8.04. The summed E-state index contributed by atoms with van der Waals surface area (Å²) in [5.41, 5.74) is 3.69. The molecule has 1 saturated carbocycles. The van der Waals surface area contributed by atoms with Gasteiger partial charge in [0.05, 0.1) is 17.5 Å². The number of hydrogen-bond donors (Lipinski definition) is 1. The Morgan fingerprint density at radius 3 is 2.66 bits per heavy atom. The summed E-state index contributed by atoms with van der Waals surface area (Å²) in [6, 6.07) is 21.7. The second kappa shape index (κ2) is 12.1. The van der Waals surface area contributed by atoms with Gasteiger partial charge in [0.15, 0.2) is 11.5 Å². The van der Waals surface area contributed by atoms with E-state index < -0.39 is 17.1 Å². The molecule has 1 saturated heterocycles. The third-order valence-electron chi connectivity index (χ3n) is 10.9. The Bertz CT molecular complexity index is 1760. The lowest BCUT2D eigenvalue weighted by atomic mass is 9.48. The van der Waals surface area contributed by atoms with E-state index in [4.69, 9.17) is 9.47 Å². The lowest BCUT2D eigenvalue weighted by molar-refractivity contribution is -0.224. The van der Waals surface area contributed by atoms with E-state index in [0.29, 0.717) is 38.0 Å². The molecule has 47 heavy (non-hydrogen) atoms. The topological polar surface area (TPSA) is 79.3 Å². The zero-order chi connectivity index (χ0) is 32.9. The summed E-state index contributed by atoms with van der Waals surface area (Å²) >= 11 is 0. The number of ether oxygens (including phenoxy) is 2. The van der Waals surface area contributed by atoms with Crippen molar-refractivity contribution < 1.29 is 24.2 Å². The molecule has 3 aromatic carbocycles. The van der Waals surface area contributed by atoms with Crippen LogP contribution >= 0.6 is 0 Å². The largest absolute Gasteiger partial charge is 0.504 e. The number of likely N-dealkylation sites (tertiary alicyclic amines) is 1. The van der Waals surface area contributed by atoms with Crippen LogP contribution in [0.2, 0.25) is 0 Å². The van der Waals surface area contributed by atoms with E-state index in [1.165, 1.54) is 12.5 Å². The minimum Gasteiger partial charge on any atom is -0.504 e. The van der Waals surface area contributed by atoms with Gasteiger partial charge >= 0.3 is 5.97 Å². The lowest BCUT2D eigenvalue weighted by Crippen LogP contribution is -2.79. The van der Waals surface area contributed by atoms with Crippen molar-refractivity contribution in [2.24, 2.45) is 5.92 Å². The molecule has 7 nitrogen and oxygen atoms in total. The molecule has 3 aromatic rings. The van der Waals surface area contributed by atoms with E-state index in [0.717, 1.165) is 41.8 Å². The van der Waals surface area contributed by atoms with Crippen LogP contribution in [-0.4, -0.2) is 70.2 Å². The van der Waals surface area contributed by atoms with Crippen molar-refractivity contribution in [1.82, 2.24) is 9.80 Å². The number of phenols is 1. The quantitative estimate of drug-likeness (QED) is 0.271. The maximum absolute atomic E-state index is 14.1. The first-order valence-corrected chi connectivity index (χ1v) is 17.0. The van der Waals surface area contributed by atoms with Gasteiger partial charge in [-0.15, -0.1) is 0 Å². The van der Waals surface area contributed by atoms with Crippen molar-refractivity contribution in [3.8, 4) is 23.3 Å². The second-order valence-corrected chi connectivity index (χ2v) is 14.3. The summed E-state index contributed by atoms with van der Waals surface area (Å²) in [5.74, 6) is 6.28. The number of aromatic hydroxyl groups is 1. The molecular weight excluding hydrogens is 588 g/mol. The third-order valence-corrected chi connectivity index (χ3v) is 10.9. The molecule has 7 rings (SSSR count). The summed E-state index contributed by atoms with van der Waals surface area (Å²) in [6.45, 7) is 9.88. The number of esters is 1. The summed E-state index contributed by atoms with van der Waals surface area (Å²) in [7, 11) is 0. The van der Waals surface area contributed by atoms with Crippen LogP contribution in [-0.2, 0) is 32.6 Å². The van der Waals surface area contributed by atoms with Gasteiger partial charge in [-0.3, -0.25) is 14.5 Å². The maximum Gasteiger partial charge on any atom is 0.303 e. The van der Waals surface area contributed by atoms with Crippen molar-refractivity contribution in [2.45, 2.75) is 89.0 Å². The molecule has 0 radical (unpaired) electrons. The Hall–Kier alpha value is -4.28. The van der Waals surface area contributed by atoms with Crippen LogP contribution in [0.4, 0.5) is 0 Å². The number of carbonyl (C=O) groups excluding carboxylic acids is 2. The van der Waals surface area contributed by atoms with Crippen molar-refractivity contribution in [1.29, 1.82) is 0 Å². The number of hydrogen-bond acceptors (Lipinski definition) is 6. The first-order valence-electron chi connectivity index (χ1n) is 17.0. The first kappa shape index (κ1) is 31.3. The lowest BCUT2D eigenvalue weighted by Gasteiger charge is -2.65. The van der Waals surface area contributed by atoms with Crippen LogP contribution in [0.25, 0.3) is 0 Å². The zero-order valence-electron chi connectivity index (χ0n) is 27.8. The van der Waals surface area contributed by atoms with Crippen LogP contribution in [0.5, 0.6) is 11.5 Å². The molecule has 244 valence electrons.